The Morgan fingerprint density at radius 1 is 1.23 bits per heavy atom. The lowest BCUT2D eigenvalue weighted by atomic mass is 9.54. The first-order valence-corrected chi connectivity index (χ1v) is 10.5. The van der Waals surface area contributed by atoms with E-state index in [1.54, 1.807) is 16.7 Å². The van der Waals surface area contributed by atoms with Gasteiger partial charge in [0.25, 0.3) is 0 Å². The van der Waals surface area contributed by atoms with Crippen molar-refractivity contribution < 1.29 is 14.6 Å². The van der Waals surface area contributed by atoms with Gasteiger partial charge in [-0.15, -0.1) is 6.42 Å². The van der Waals surface area contributed by atoms with E-state index in [-0.39, 0.29) is 11.2 Å². The minimum absolute atomic E-state index is 0.123. The van der Waals surface area contributed by atoms with Crippen molar-refractivity contribution in [2.75, 3.05) is 13.2 Å². The van der Waals surface area contributed by atoms with Gasteiger partial charge in [0.15, 0.2) is 5.79 Å². The summed E-state index contributed by atoms with van der Waals surface area (Å²) in [6.07, 6.45) is 17.3. The number of terminal acetylenes is 1. The topological polar surface area (TPSA) is 38.7 Å². The number of fused-ring (bicyclic) bond motifs is 4. The van der Waals surface area contributed by atoms with Crippen LogP contribution in [0.1, 0.15) is 64.7 Å². The molecule has 4 aliphatic carbocycles. The largest absolute Gasteiger partial charge is 0.377 e. The van der Waals surface area contributed by atoms with Crippen LogP contribution >= 0.6 is 0 Å². The highest BCUT2D eigenvalue weighted by Crippen LogP contribution is 2.64. The highest BCUT2D eigenvalue weighted by atomic mass is 16.7. The normalized spacial score (nSPS) is 43.5. The number of hydrogen-bond donors (Lipinski definition) is 1. The summed E-state index contributed by atoms with van der Waals surface area (Å²) in [4.78, 5) is 0. The van der Waals surface area contributed by atoms with Crippen LogP contribution in [0.3, 0.4) is 0 Å². The summed E-state index contributed by atoms with van der Waals surface area (Å²) in [6, 6.07) is 0. The first-order chi connectivity index (χ1) is 12.6. The zero-order valence-corrected chi connectivity index (χ0v) is 15.9. The zero-order valence-electron chi connectivity index (χ0n) is 15.9. The summed E-state index contributed by atoms with van der Waals surface area (Å²) in [6.45, 7) is 3.69. The molecule has 1 heterocycles. The molecule has 5 aliphatic rings. The minimum Gasteiger partial charge on any atom is -0.377 e. The minimum atomic E-state index is -0.925. The molecule has 140 valence electrons. The van der Waals surface area contributed by atoms with Gasteiger partial charge in [0.2, 0.25) is 0 Å². The van der Waals surface area contributed by atoms with Crippen molar-refractivity contribution in [3.63, 3.8) is 0 Å². The third-order valence-corrected chi connectivity index (χ3v) is 8.38. The van der Waals surface area contributed by atoms with E-state index in [1.807, 2.05) is 0 Å². The van der Waals surface area contributed by atoms with Gasteiger partial charge in [-0.1, -0.05) is 24.5 Å². The fraction of sp³-hybridized carbons (Fsp3) is 0.739. The smallest absolute Gasteiger partial charge is 0.172 e. The average Bonchev–Trinajstić information content (AvgIpc) is 3.24. The van der Waals surface area contributed by atoms with Crippen LogP contribution in [0.15, 0.2) is 22.8 Å². The molecule has 1 unspecified atom stereocenters. The number of hydrogen-bond acceptors (Lipinski definition) is 3. The fourth-order valence-electron chi connectivity index (χ4n) is 7.05. The van der Waals surface area contributed by atoms with Crippen molar-refractivity contribution >= 4 is 0 Å². The number of rotatable bonds is 1. The molecule has 1 saturated heterocycles. The lowest BCUT2D eigenvalue weighted by molar-refractivity contribution is -0.164. The van der Waals surface area contributed by atoms with Crippen molar-refractivity contribution in [1.82, 2.24) is 0 Å². The lowest BCUT2D eigenvalue weighted by Gasteiger charge is -2.51. The van der Waals surface area contributed by atoms with E-state index in [1.165, 1.54) is 6.42 Å². The summed E-state index contributed by atoms with van der Waals surface area (Å²) >= 11 is 0. The maximum atomic E-state index is 11.2. The van der Waals surface area contributed by atoms with E-state index in [9.17, 15) is 5.11 Å². The summed E-state index contributed by atoms with van der Waals surface area (Å²) < 4.78 is 12.0. The molecule has 1 spiro atoms. The summed E-state index contributed by atoms with van der Waals surface area (Å²) in [7, 11) is 0. The van der Waals surface area contributed by atoms with Gasteiger partial charge in [-0.05, 0) is 67.9 Å². The van der Waals surface area contributed by atoms with Crippen molar-refractivity contribution in [1.29, 1.82) is 0 Å². The van der Waals surface area contributed by atoms with Crippen molar-refractivity contribution in [3.8, 4) is 12.3 Å². The molecule has 5 rings (SSSR count). The van der Waals surface area contributed by atoms with Crippen LogP contribution in [0.5, 0.6) is 0 Å². The Balaban J connectivity index is 1.50. The molecule has 4 atom stereocenters. The summed E-state index contributed by atoms with van der Waals surface area (Å²) in [5, 5.41) is 11.2. The van der Waals surface area contributed by atoms with Crippen molar-refractivity contribution in [3.05, 3.63) is 22.8 Å². The predicted molar refractivity (Wildman–Crippen MR) is 100 cm³/mol. The molecule has 0 aromatic rings. The van der Waals surface area contributed by atoms with E-state index in [4.69, 9.17) is 15.9 Å². The fourth-order valence-corrected chi connectivity index (χ4v) is 7.05. The van der Waals surface area contributed by atoms with Gasteiger partial charge in [0, 0.05) is 18.3 Å². The Labute approximate surface area is 156 Å². The second-order valence-electron chi connectivity index (χ2n) is 9.03. The number of allylic oxidation sites excluding steroid dienone is 3. The zero-order chi connectivity index (χ0) is 18.0. The standard InChI is InChI=1S/C23H30O3/c1-3-21-10-7-18-17-8-12-23(25-13-14-26-23)15-16(17)5-6-19(18)20(21)9-11-22(21,24)4-2/h2,7,19-20,24H,3,5-6,8-15H2,1H3/t19-,20+,21+,22?/m1/s1. The van der Waals surface area contributed by atoms with Gasteiger partial charge in [-0.3, -0.25) is 0 Å². The van der Waals surface area contributed by atoms with Crippen LogP contribution in [0.2, 0.25) is 0 Å². The maximum Gasteiger partial charge on any atom is 0.172 e. The number of aliphatic hydroxyl groups is 1. The molecular formula is C23H30O3. The van der Waals surface area contributed by atoms with E-state index in [0.717, 1.165) is 64.6 Å². The van der Waals surface area contributed by atoms with Gasteiger partial charge >= 0.3 is 0 Å². The summed E-state index contributed by atoms with van der Waals surface area (Å²) in [5.74, 6) is 3.57. The molecule has 2 fully saturated rings. The Morgan fingerprint density at radius 2 is 2.04 bits per heavy atom. The molecule has 0 aromatic heterocycles. The van der Waals surface area contributed by atoms with Gasteiger partial charge in [0.05, 0.1) is 13.2 Å². The Hall–Kier alpha value is -1.08. The summed E-state index contributed by atoms with van der Waals surface area (Å²) in [5.41, 5.74) is 3.68. The van der Waals surface area contributed by atoms with Crippen LogP contribution < -0.4 is 0 Å². The maximum absolute atomic E-state index is 11.2. The monoisotopic (exact) mass is 354 g/mol. The van der Waals surface area contributed by atoms with E-state index in [0.29, 0.717) is 11.8 Å². The molecule has 1 aliphatic heterocycles. The molecule has 3 nitrogen and oxygen atoms in total. The molecule has 1 N–H and O–H groups in total. The predicted octanol–water partition coefficient (Wildman–Crippen LogP) is 4.12. The second-order valence-corrected chi connectivity index (χ2v) is 9.03. The molecule has 0 amide bonds. The SMILES string of the molecule is C#CC1(O)CC[C@H]2[C@@H]3CCC4=C(CCC5(C4)OCCO5)C3=CC[C@@]21CC. The molecule has 3 heteroatoms. The Morgan fingerprint density at radius 3 is 2.77 bits per heavy atom. The molecule has 0 radical (unpaired) electrons. The van der Waals surface area contributed by atoms with Crippen LogP contribution in [0.25, 0.3) is 0 Å². The molecular weight excluding hydrogens is 324 g/mol. The second kappa shape index (κ2) is 5.71. The molecule has 1 saturated carbocycles. The van der Waals surface area contributed by atoms with Crippen LogP contribution in [-0.4, -0.2) is 29.7 Å². The average molecular weight is 354 g/mol. The van der Waals surface area contributed by atoms with E-state index in [2.05, 4.69) is 18.9 Å². The molecule has 0 bridgehead atoms. The Kier molecular flexibility index (Phi) is 3.74. The quantitative estimate of drug-likeness (QED) is 0.720. The highest BCUT2D eigenvalue weighted by molar-refractivity contribution is 5.45. The highest BCUT2D eigenvalue weighted by Gasteiger charge is 2.61. The third kappa shape index (κ3) is 2.07. The third-order valence-electron chi connectivity index (χ3n) is 8.38. The van der Waals surface area contributed by atoms with Gasteiger partial charge in [-0.25, -0.2) is 0 Å². The van der Waals surface area contributed by atoms with E-state index >= 15 is 0 Å². The van der Waals surface area contributed by atoms with E-state index < -0.39 is 5.60 Å². The van der Waals surface area contributed by atoms with Gasteiger partial charge in [-0.2, -0.15) is 0 Å². The number of ether oxygens (including phenoxy) is 2. The Bertz CT molecular complexity index is 720. The lowest BCUT2D eigenvalue weighted by Crippen LogP contribution is -2.50. The van der Waals surface area contributed by atoms with Crippen molar-refractivity contribution in [2.45, 2.75) is 76.1 Å². The van der Waals surface area contributed by atoms with Crippen molar-refractivity contribution in [2.24, 2.45) is 17.3 Å². The first kappa shape index (κ1) is 17.0. The van der Waals surface area contributed by atoms with Gasteiger partial charge in [0.1, 0.15) is 5.60 Å². The van der Waals surface area contributed by atoms with Crippen LogP contribution in [-0.2, 0) is 9.47 Å². The van der Waals surface area contributed by atoms with Crippen LogP contribution in [0, 0.1) is 29.6 Å². The molecule has 0 aromatic carbocycles. The first-order valence-electron chi connectivity index (χ1n) is 10.5. The van der Waals surface area contributed by atoms with Gasteiger partial charge < -0.3 is 14.6 Å². The molecule has 26 heavy (non-hydrogen) atoms. The van der Waals surface area contributed by atoms with Crippen LogP contribution in [0.4, 0.5) is 0 Å².